The lowest BCUT2D eigenvalue weighted by atomic mass is 9.59. The Morgan fingerprint density at radius 3 is 2.40 bits per heavy atom. The number of aliphatic hydroxyl groups excluding tert-OH is 2. The van der Waals surface area contributed by atoms with E-state index in [4.69, 9.17) is 0 Å². The molecular weight excluding hydrogens is 308 g/mol. The molecule has 0 bridgehead atoms. The Labute approximate surface area is 156 Å². The van der Waals surface area contributed by atoms with E-state index in [0.717, 1.165) is 32.1 Å². The van der Waals surface area contributed by atoms with Gasteiger partial charge >= 0.3 is 0 Å². The normalized spacial score (nSPS) is 41.7. The van der Waals surface area contributed by atoms with Crippen molar-refractivity contribution in [1.82, 2.24) is 0 Å². The fourth-order valence-electron chi connectivity index (χ4n) is 6.25. The minimum absolute atomic E-state index is 0.160. The summed E-state index contributed by atoms with van der Waals surface area (Å²) in [5.74, 6) is 2.95. The largest absolute Gasteiger partial charge is 0.393 e. The molecule has 2 fully saturated rings. The van der Waals surface area contributed by atoms with E-state index >= 15 is 0 Å². The van der Waals surface area contributed by atoms with Crippen LogP contribution in [0.25, 0.3) is 0 Å². The van der Waals surface area contributed by atoms with E-state index in [1.165, 1.54) is 24.8 Å². The van der Waals surface area contributed by atoms with E-state index in [2.05, 4.69) is 34.3 Å². The molecule has 0 amide bonds. The molecular formula is C23H42O2. The number of rotatable bonds is 7. The van der Waals surface area contributed by atoms with Gasteiger partial charge in [-0.1, -0.05) is 46.3 Å². The molecule has 0 aromatic rings. The molecule has 8 atom stereocenters. The molecule has 25 heavy (non-hydrogen) atoms. The average molecular weight is 351 g/mol. The van der Waals surface area contributed by atoms with Gasteiger partial charge in [0.1, 0.15) is 0 Å². The van der Waals surface area contributed by atoms with Gasteiger partial charge in [-0.3, -0.25) is 0 Å². The molecule has 0 heterocycles. The van der Waals surface area contributed by atoms with Crippen molar-refractivity contribution in [3.05, 3.63) is 12.2 Å². The van der Waals surface area contributed by atoms with Gasteiger partial charge in [-0.15, -0.1) is 0 Å². The maximum atomic E-state index is 10.3. The van der Waals surface area contributed by atoms with Crippen LogP contribution in [0.2, 0.25) is 0 Å². The zero-order valence-electron chi connectivity index (χ0n) is 17.3. The monoisotopic (exact) mass is 350 g/mol. The van der Waals surface area contributed by atoms with Gasteiger partial charge in [-0.25, -0.2) is 0 Å². The highest BCUT2D eigenvalue weighted by Gasteiger charge is 2.51. The van der Waals surface area contributed by atoms with Crippen LogP contribution in [0, 0.1) is 35.0 Å². The SMILES string of the molecule is C=C1C(CCC(O)CC)C(C)CCC1C1CCC(C(C)O)C1(C)CC. The number of allylic oxidation sites excluding steroid dienone is 1. The Hall–Kier alpha value is -0.340. The van der Waals surface area contributed by atoms with E-state index in [1.807, 2.05) is 6.92 Å². The second-order valence-electron chi connectivity index (χ2n) is 9.37. The Balaban J connectivity index is 2.14. The molecule has 8 unspecified atom stereocenters. The first-order valence-electron chi connectivity index (χ1n) is 10.8. The van der Waals surface area contributed by atoms with Gasteiger partial charge in [-0.05, 0) is 86.9 Å². The molecule has 2 N–H and O–H groups in total. The first-order valence-corrected chi connectivity index (χ1v) is 10.8. The van der Waals surface area contributed by atoms with Crippen LogP contribution < -0.4 is 0 Å². The van der Waals surface area contributed by atoms with Crippen molar-refractivity contribution < 1.29 is 10.2 Å². The standard InChI is InChI=1S/C23H42O2/c1-7-18(25)10-12-19-15(3)9-11-20(16(19)4)22-14-13-21(17(5)24)23(22,6)8-2/h15,17-22,24-25H,4,7-14H2,1-3,5-6H3. The highest BCUT2D eigenvalue weighted by Crippen LogP contribution is 2.58. The molecule has 0 aliphatic heterocycles. The summed E-state index contributed by atoms with van der Waals surface area (Å²) in [6, 6.07) is 0. The van der Waals surface area contributed by atoms with Gasteiger partial charge < -0.3 is 10.2 Å². The fourth-order valence-corrected chi connectivity index (χ4v) is 6.25. The van der Waals surface area contributed by atoms with Crippen LogP contribution in [-0.2, 0) is 0 Å². The summed E-state index contributed by atoms with van der Waals surface area (Å²) in [6.07, 6.45) is 8.56. The lowest BCUT2D eigenvalue weighted by Gasteiger charge is -2.46. The summed E-state index contributed by atoms with van der Waals surface area (Å²) in [6.45, 7) is 15.7. The first-order chi connectivity index (χ1) is 11.8. The van der Waals surface area contributed by atoms with Gasteiger partial charge in [0.15, 0.2) is 0 Å². The van der Waals surface area contributed by atoms with Crippen molar-refractivity contribution >= 4 is 0 Å². The zero-order valence-corrected chi connectivity index (χ0v) is 17.3. The van der Waals surface area contributed by atoms with E-state index in [-0.39, 0.29) is 17.6 Å². The molecule has 0 aromatic heterocycles. The number of aliphatic hydroxyl groups is 2. The van der Waals surface area contributed by atoms with Gasteiger partial charge in [0.2, 0.25) is 0 Å². The van der Waals surface area contributed by atoms with E-state index < -0.39 is 0 Å². The van der Waals surface area contributed by atoms with Gasteiger partial charge in [0.25, 0.3) is 0 Å². The topological polar surface area (TPSA) is 40.5 Å². The van der Waals surface area contributed by atoms with Crippen molar-refractivity contribution in [3.8, 4) is 0 Å². The maximum absolute atomic E-state index is 10.3. The summed E-state index contributed by atoms with van der Waals surface area (Å²) in [5.41, 5.74) is 1.69. The van der Waals surface area contributed by atoms with Crippen molar-refractivity contribution in [2.24, 2.45) is 35.0 Å². The minimum atomic E-state index is -0.207. The number of hydrogen-bond acceptors (Lipinski definition) is 2. The Morgan fingerprint density at radius 2 is 1.84 bits per heavy atom. The molecule has 2 aliphatic rings. The predicted octanol–water partition coefficient (Wildman–Crippen LogP) is 5.58. The third kappa shape index (κ3) is 4.16. The highest BCUT2D eigenvalue weighted by atomic mass is 16.3. The molecule has 0 radical (unpaired) electrons. The Kier molecular flexibility index (Phi) is 7.18. The summed E-state index contributed by atoms with van der Waals surface area (Å²) in [7, 11) is 0. The van der Waals surface area contributed by atoms with Crippen LogP contribution in [0.5, 0.6) is 0 Å². The Bertz CT molecular complexity index is 443. The van der Waals surface area contributed by atoms with Crippen molar-refractivity contribution in [2.75, 3.05) is 0 Å². The van der Waals surface area contributed by atoms with E-state index in [9.17, 15) is 10.2 Å². The van der Waals surface area contributed by atoms with Crippen molar-refractivity contribution in [3.63, 3.8) is 0 Å². The summed E-state index contributed by atoms with van der Waals surface area (Å²) < 4.78 is 0. The fraction of sp³-hybridized carbons (Fsp3) is 0.913. The molecule has 146 valence electrons. The lowest BCUT2D eigenvalue weighted by Crippen LogP contribution is -2.40. The summed E-state index contributed by atoms with van der Waals surface area (Å²) in [5, 5.41) is 20.3. The molecule has 0 aromatic carbocycles. The molecule has 2 saturated carbocycles. The Morgan fingerprint density at radius 1 is 1.16 bits per heavy atom. The second-order valence-corrected chi connectivity index (χ2v) is 9.37. The van der Waals surface area contributed by atoms with Gasteiger partial charge in [0.05, 0.1) is 12.2 Å². The van der Waals surface area contributed by atoms with Gasteiger partial charge in [-0.2, -0.15) is 0 Å². The van der Waals surface area contributed by atoms with Crippen LogP contribution in [-0.4, -0.2) is 22.4 Å². The smallest absolute Gasteiger partial charge is 0.0545 e. The quantitative estimate of drug-likeness (QED) is 0.588. The first kappa shape index (κ1) is 21.0. The summed E-state index contributed by atoms with van der Waals surface area (Å²) in [4.78, 5) is 0. The molecule has 2 aliphatic carbocycles. The number of hydrogen-bond donors (Lipinski definition) is 2. The third-order valence-corrected chi connectivity index (χ3v) is 8.17. The van der Waals surface area contributed by atoms with Gasteiger partial charge in [0, 0.05) is 0 Å². The zero-order chi connectivity index (χ0) is 18.8. The van der Waals surface area contributed by atoms with E-state index in [1.54, 1.807) is 0 Å². The second kappa shape index (κ2) is 8.57. The van der Waals surface area contributed by atoms with Crippen molar-refractivity contribution in [1.29, 1.82) is 0 Å². The van der Waals surface area contributed by atoms with Crippen LogP contribution in [0.1, 0.15) is 86.0 Å². The molecule has 0 spiro atoms. The molecule has 2 heteroatoms. The van der Waals surface area contributed by atoms with Crippen LogP contribution in [0.4, 0.5) is 0 Å². The van der Waals surface area contributed by atoms with Crippen molar-refractivity contribution in [2.45, 2.75) is 98.2 Å². The predicted molar refractivity (Wildman–Crippen MR) is 106 cm³/mol. The maximum Gasteiger partial charge on any atom is 0.0545 e. The van der Waals surface area contributed by atoms with Crippen LogP contribution in [0.3, 0.4) is 0 Å². The average Bonchev–Trinajstić information content (AvgIpc) is 2.92. The van der Waals surface area contributed by atoms with Crippen LogP contribution in [0.15, 0.2) is 12.2 Å². The molecule has 2 rings (SSSR count). The minimum Gasteiger partial charge on any atom is -0.393 e. The lowest BCUT2D eigenvalue weighted by molar-refractivity contribution is 0.0165. The summed E-state index contributed by atoms with van der Waals surface area (Å²) >= 11 is 0. The molecule has 0 saturated heterocycles. The highest BCUT2D eigenvalue weighted by molar-refractivity contribution is 5.15. The third-order valence-electron chi connectivity index (χ3n) is 8.17. The molecule has 2 nitrogen and oxygen atoms in total. The van der Waals surface area contributed by atoms with Crippen LogP contribution >= 0.6 is 0 Å². The van der Waals surface area contributed by atoms with E-state index in [0.29, 0.717) is 29.6 Å².